The quantitative estimate of drug-likeness (QED) is 0.0974. The Kier molecular flexibility index (Phi) is 11.6. The number of benzene rings is 1. The number of nitrogens with two attached hydrogens (primary N) is 1. The van der Waals surface area contributed by atoms with Gasteiger partial charge in [-0.3, -0.25) is 4.79 Å². The van der Waals surface area contributed by atoms with E-state index in [9.17, 15) is 18.9 Å². The van der Waals surface area contributed by atoms with Crippen molar-refractivity contribution in [2.75, 3.05) is 26.1 Å². The Labute approximate surface area is 238 Å². The molecule has 0 aliphatic rings. The van der Waals surface area contributed by atoms with Gasteiger partial charge in [0.25, 0.3) is 0 Å². The Bertz CT molecular complexity index is 1370. The molecular weight excluding hydrogens is 554 g/mol. The fourth-order valence-corrected chi connectivity index (χ4v) is 4.90. The number of nitrogen functional groups attached to an aromatic ring is 1. The maximum atomic E-state index is 13.7. The Balaban J connectivity index is 1.70. The summed E-state index contributed by atoms with van der Waals surface area (Å²) in [7, 11) is -1.41. The van der Waals surface area contributed by atoms with Crippen LogP contribution in [-0.4, -0.2) is 68.7 Å². The van der Waals surface area contributed by atoms with Gasteiger partial charge in [0.2, 0.25) is 0 Å². The van der Waals surface area contributed by atoms with Gasteiger partial charge in [0.05, 0.1) is 19.5 Å². The van der Waals surface area contributed by atoms with E-state index in [-0.39, 0.29) is 42.5 Å². The summed E-state index contributed by atoms with van der Waals surface area (Å²) in [6.45, 7) is 3.53. The summed E-state index contributed by atoms with van der Waals surface area (Å²) < 4.78 is 44.5. The molecule has 2 heterocycles. The number of anilines is 1. The van der Waals surface area contributed by atoms with Crippen molar-refractivity contribution >= 4 is 31.1 Å². The average molecular weight is 590 g/mol. The number of hydrogen-bond donors (Lipinski definition) is 3. The van der Waals surface area contributed by atoms with Crippen molar-refractivity contribution < 1.29 is 32.9 Å². The first kappa shape index (κ1) is 32.0. The lowest BCUT2D eigenvalue weighted by atomic mass is 9.98. The molecule has 3 aromatic rings. The molecule has 4 N–H and O–H groups in total. The molecule has 0 spiro atoms. The highest BCUT2D eigenvalue weighted by Gasteiger charge is 2.42. The van der Waals surface area contributed by atoms with Gasteiger partial charge in [-0.2, -0.15) is 14.4 Å². The molecule has 0 aliphatic carbocycles. The fourth-order valence-electron chi connectivity index (χ4n) is 4.07. The number of aromatic nitrogens is 4. The van der Waals surface area contributed by atoms with E-state index in [0.29, 0.717) is 0 Å². The maximum Gasteiger partial charge on any atom is 0.614 e. The third-order valence-electron chi connectivity index (χ3n) is 6.82. The number of rotatable bonds is 16. The topological polar surface area (TPSA) is 164 Å². The molecule has 0 saturated heterocycles. The summed E-state index contributed by atoms with van der Waals surface area (Å²) >= 11 is 0. The molecule has 3 rings (SSSR count). The zero-order valence-corrected chi connectivity index (χ0v) is 24.1. The van der Waals surface area contributed by atoms with Gasteiger partial charge in [0, 0.05) is 13.5 Å². The maximum absolute atomic E-state index is 13.7. The number of carbonyl (C=O) groups excluding carboxylic acids is 1. The molecule has 1 unspecified atom stereocenters. The molecule has 0 fully saturated rings. The molecule has 4 atom stereocenters. The zero-order valence-electron chi connectivity index (χ0n) is 23.2. The predicted molar refractivity (Wildman–Crippen MR) is 150 cm³/mol. The summed E-state index contributed by atoms with van der Waals surface area (Å²) in [6, 6.07) is 8.22. The van der Waals surface area contributed by atoms with Crippen molar-refractivity contribution in [3.63, 3.8) is 0 Å². The number of ether oxygens (including phenoxy) is 2. The second kappa shape index (κ2) is 14.9. The molecule has 41 heavy (non-hydrogen) atoms. The zero-order chi connectivity index (χ0) is 30.0. The monoisotopic (exact) mass is 589 g/mol. The number of nitrogens with zero attached hydrogens (tertiary/aromatic N) is 4. The van der Waals surface area contributed by atoms with Crippen LogP contribution < -0.4 is 10.8 Å². The van der Waals surface area contributed by atoms with E-state index in [4.69, 9.17) is 26.2 Å². The van der Waals surface area contributed by atoms with Gasteiger partial charge >= 0.3 is 20.2 Å². The predicted octanol–water partition coefficient (Wildman–Crippen LogP) is 2.78. The first-order valence-electron chi connectivity index (χ1n) is 13.1. The minimum atomic E-state index is -2.66. The highest BCUT2D eigenvalue weighted by molar-refractivity contribution is 7.36. The first-order valence-corrected chi connectivity index (χ1v) is 14.3. The minimum absolute atomic E-state index is 0.0420. The summed E-state index contributed by atoms with van der Waals surface area (Å²) in [5.74, 6) is 1.84. The van der Waals surface area contributed by atoms with Gasteiger partial charge in [-0.25, -0.2) is 4.98 Å². The molecule has 2 aromatic heterocycles. The van der Waals surface area contributed by atoms with E-state index < -0.39 is 44.6 Å². The van der Waals surface area contributed by atoms with Gasteiger partial charge < -0.3 is 24.9 Å². The Morgan fingerprint density at radius 1 is 1.29 bits per heavy atom. The van der Waals surface area contributed by atoms with Crippen LogP contribution in [0.4, 0.5) is 10.2 Å². The molecule has 220 valence electrons. The number of halogens is 1. The van der Waals surface area contributed by atoms with E-state index in [1.165, 1.54) is 18.0 Å². The van der Waals surface area contributed by atoms with E-state index in [2.05, 4.69) is 26.0 Å². The van der Waals surface area contributed by atoms with Crippen molar-refractivity contribution in [3.05, 3.63) is 48.3 Å². The number of aliphatic hydroxyl groups is 1. The summed E-state index contributed by atoms with van der Waals surface area (Å²) in [4.78, 5) is 24.1. The number of aliphatic hydroxyl groups excluding tert-OH is 1. The summed E-state index contributed by atoms with van der Waals surface area (Å²) in [5.41, 5.74) is 4.94. The van der Waals surface area contributed by atoms with Crippen LogP contribution in [0.25, 0.3) is 11.2 Å². The van der Waals surface area contributed by atoms with Crippen molar-refractivity contribution in [1.29, 1.82) is 0 Å². The largest absolute Gasteiger partial charge is 0.614 e. The fraction of sp³-hybridized carbons (Fsp3) is 0.481. The van der Waals surface area contributed by atoms with Gasteiger partial charge in [-0.15, -0.1) is 10.9 Å². The third-order valence-corrected chi connectivity index (χ3v) is 7.71. The highest BCUT2D eigenvalue weighted by atomic mass is 31.1. The van der Waals surface area contributed by atoms with Crippen LogP contribution in [0.3, 0.4) is 0 Å². The van der Waals surface area contributed by atoms with Crippen LogP contribution in [0.5, 0.6) is 0 Å². The summed E-state index contributed by atoms with van der Waals surface area (Å²) in [6.07, 6.45) is 6.41. The normalized spacial score (nSPS) is 14.8. The number of nitrogens with one attached hydrogen (secondary N) is 1. The second-order valence-corrected chi connectivity index (χ2v) is 10.4. The van der Waals surface area contributed by atoms with Gasteiger partial charge in [0.1, 0.15) is 18.2 Å². The Hall–Kier alpha value is -3.53. The van der Waals surface area contributed by atoms with Gasteiger partial charge in [0.15, 0.2) is 23.1 Å². The van der Waals surface area contributed by atoms with Crippen LogP contribution in [0, 0.1) is 24.3 Å². The number of esters is 1. The van der Waals surface area contributed by atoms with E-state index >= 15 is 0 Å². The standard InChI is InChI=1S/C27H35FN6O6P/c1-5-18(6-2)15-39-25(36)20(13-19-11-9-8-10-12-19)33-41(37)40-16-27(7-3,38-4)21(35)14-34-17-30-22-23(29)31-26(28)32-24(22)34/h3,8-12,17-18,20-21,35H,5-6,13-16H2,1-2,4H3,(H,33,37)(H2,29,31,32)/q+1/t20-,21-,27+/m0/s1. The second-order valence-electron chi connectivity index (χ2n) is 9.42. The highest BCUT2D eigenvalue weighted by Crippen LogP contribution is 2.27. The molecule has 0 amide bonds. The molecule has 0 aliphatic heterocycles. The molecule has 12 nitrogen and oxygen atoms in total. The minimum Gasteiger partial charge on any atom is -0.464 e. The molecule has 14 heteroatoms. The van der Waals surface area contributed by atoms with E-state index in [1.807, 2.05) is 44.2 Å². The number of carbonyl (C=O) groups is 1. The lowest BCUT2D eigenvalue weighted by Gasteiger charge is -2.30. The van der Waals surface area contributed by atoms with Crippen LogP contribution in [0.1, 0.15) is 32.3 Å². The third kappa shape index (κ3) is 8.25. The number of fused-ring (bicyclic) bond motifs is 1. The van der Waals surface area contributed by atoms with Gasteiger partial charge in [-0.05, 0) is 16.0 Å². The summed E-state index contributed by atoms with van der Waals surface area (Å²) in [5, 5.41) is 13.7. The Morgan fingerprint density at radius 3 is 2.63 bits per heavy atom. The van der Waals surface area contributed by atoms with Crippen molar-refractivity contribution in [1.82, 2.24) is 24.6 Å². The Morgan fingerprint density at radius 2 is 2.00 bits per heavy atom. The molecule has 0 radical (unpaired) electrons. The number of methoxy groups -OCH3 is 1. The van der Waals surface area contributed by atoms with E-state index in [1.54, 1.807) is 0 Å². The van der Waals surface area contributed by atoms with Crippen molar-refractivity contribution in [3.8, 4) is 12.3 Å². The van der Waals surface area contributed by atoms with Crippen LogP contribution in [-0.2, 0) is 36.3 Å². The number of imidazole rings is 1. The van der Waals surface area contributed by atoms with Crippen LogP contribution >= 0.6 is 8.18 Å². The number of terminal acetylenes is 1. The van der Waals surface area contributed by atoms with Gasteiger partial charge in [-0.1, -0.05) is 68.0 Å². The lowest BCUT2D eigenvalue weighted by molar-refractivity contribution is -0.147. The van der Waals surface area contributed by atoms with E-state index in [0.717, 1.165) is 18.4 Å². The smallest absolute Gasteiger partial charge is 0.464 e. The average Bonchev–Trinajstić information content (AvgIpc) is 3.37. The number of hydrogen-bond acceptors (Lipinski definition) is 10. The lowest BCUT2D eigenvalue weighted by Crippen LogP contribution is -2.49. The molecule has 0 bridgehead atoms. The van der Waals surface area contributed by atoms with Crippen molar-refractivity contribution in [2.24, 2.45) is 5.92 Å². The molecule has 1 aromatic carbocycles. The SMILES string of the molecule is C#C[C@](CO[P+](=O)N[C@@H](Cc1ccccc1)C(=O)OCC(CC)CC)(OC)[C@@H](O)Cn1cnc2c(N)nc(F)nc21. The van der Waals surface area contributed by atoms with Crippen molar-refractivity contribution in [2.45, 2.75) is 57.4 Å². The first-order chi connectivity index (χ1) is 19.7. The molecule has 0 saturated carbocycles. The molecular formula is C27H35FN6O6P+. The van der Waals surface area contributed by atoms with Crippen LogP contribution in [0.15, 0.2) is 36.7 Å². The van der Waals surface area contributed by atoms with Crippen LogP contribution in [0.2, 0.25) is 0 Å².